The zero-order valence-electron chi connectivity index (χ0n) is 12.6. The molecule has 0 radical (unpaired) electrons. The molecule has 0 bridgehead atoms. The van der Waals surface area contributed by atoms with Crippen LogP contribution in [0, 0.1) is 0 Å². The van der Waals surface area contributed by atoms with Gasteiger partial charge in [0.1, 0.15) is 11.3 Å². The van der Waals surface area contributed by atoms with Crippen LogP contribution in [-0.2, 0) is 4.74 Å². The molecule has 1 aliphatic carbocycles. The Kier molecular flexibility index (Phi) is 4.13. The smallest absolute Gasteiger partial charge is 0.345 e. The van der Waals surface area contributed by atoms with Crippen LogP contribution in [0.3, 0.4) is 0 Å². The molecule has 0 spiro atoms. The molecular weight excluding hydrogens is 280 g/mol. The molecule has 5 heteroatoms. The lowest BCUT2D eigenvalue weighted by Gasteiger charge is -2.11. The van der Waals surface area contributed by atoms with E-state index >= 15 is 0 Å². The maximum Gasteiger partial charge on any atom is 0.345 e. The molecule has 2 atom stereocenters. The predicted octanol–water partition coefficient (Wildman–Crippen LogP) is 3.48. The minimum atomic E-state index is -0.445. The summed E-state index contributed by atoms with van der Waals surface area (Å²) in [5.41, 5.74) is 8.04. The van der Waals surface area contributed by atoms with Crippen LogP contribution in [0.25, 0.3) is 0 Å². The van der Waals surface area contributed by atoms with E-state index in [9.17, 15) is 4.79 Å². The SMILES string of the molecule is CCOC(=O)c1c(C2CCC(c3ccccc3)C2)noc1N. The molecule has 2 aromatic rings. The summed E-state index contributed by atoms with van der Waals surface area (Å²) >= 11 is 0. The summed E-state index contributed by atoms with van der Waals surface area (Å²) in [6.07, 6.45) is 2.99. The van der Waals surface area contributed by atoms with Crippen molar-refractivity contribution < 1.29 is 14.1 Å². The number of esters is 1. The zero-order chi connectivity index (χ0) is 15.5. The summed E-state index contributed by atoms with van der Waals surface area (Å²) in [5.74, 6) is 0.279. The molecule has 0 amide bonds. The van der Waals surface area contributed by atoms with Gasteiger partial charge in [-0.3, -0.25) is 0 Å². The zero-order valence-corrected chi connectivity index (χ0v) is 12.6. The lowest BCUT2D eigenvalue weighted by Crippen LogP contribution is -2.10. The Bertz CT molecular complexity index is 651. The normalized spacial score (nSPS) is 21.0. The van der Waals surface area contributed by atoms with Gasteiger partial charge in [-0.1, -0.05) is 35.5 Å². The Hall–Kier alpha value is -2.30. The second-order valence-electron chi connectivity index (χ2n) is 5.65. The van der Waals surface area contributed by atoms with Crippen LogP contribution < -0.4 is 5.73 Å². The van der Waals surface area contributed by atoms with Crippen LogP contribution in [0.15, 0.2) is 34.9 Å². The fourth-order valence-electron chi connectivity index (χ4n) is 3.26. The van der Waals surface area contributed by atoms with E-state index in [1.54, 1.807) is 6.92 Å². The quantitative estimate of drug-likeness (QED) is 0.874. The number of aromatic nitrogens is 1. The number of carbonyl (C=O) groups is 1. The minimum absolute atomic E-state index is 0.0524. The molecule has 2 unspecified atom stereocenters. The Morgan fingerprint density at radius 1 is 1.32 bits per heavy atom. The number of benzene rings is 1. The second-order valence-corrected chi connectivity index (χ2v) is 5.65. The number of anilines is 1. The van der Waals surface area contributed by atoms with Gasteiger partial charge in [-0.2, -0.15) is 0 Å². The molecule has 1 saturated carbocycles. The molecule has 1 aromatic heterocycles. The molecule has 0 saturated heterocycles. The molecule has 2 N–H and O–H groups in total. The largest absolute Gasteiger partial charge is 0.462 e. The molecule has 116 valence electrons. The van der Waals surface area contributed by atoms with Gasteiger partial charge < -0.3 is 15.0 Å². The summed E-state index contributed by atoms with van der Waals surface area (Å²) in [4.78, 5) is 12.1. The summed E-state index contributed by atoms with van der Waals surface area (Å²) in [5, 5.41) is 4.03. The molecule has 1 aliphatic rings. The third-order valence-corrected chi connectivity index (χ3v) is 4.31. The average molecular weight is 300 g/mol. The number of hydrogen-bond acceptors (Lipinski definition) is 5. The highest BCUT2D eigenvalue weighted by atomic mass is 16.5. The second kappa shape index (κ2) is 6.22. The maximum absolute atomic E-state index is 12.1. The van der Waals surface area contributed by atoms with Crippen molar-refractivity contribution in [3.05, 3.63) is 47.2 Å². The maximum atomic E-state index is 12.1. The van der Waals surface area contributed by atoms with Crippen LogP contribution in [0.1, 0.15) is 59.6 Å². The number of rotatable bonds is 4. The first kappa shape index (κ1) is 14.6. The average Bonchev–Trinajstić information content (AvgIpc) is 3.15. The first-order valence-electron chi connectivity index (χ1n) is 7.67. The van der Waals surface area contributed by atoms with E-state index < -0.39 is 5.97 Å². The monoisotopic (exact) mass is 300 g/mol. The van der Waals surface area contributed by atoms with Crippen molar-refractivity contribution in [2.75, 3.05) is 12.3 Å². The first-order chi connectivity index (χ1) is 10.7. The van der Waals surface area contributed by atoms with Gasteiger partial charge in [0.25, 0.3) is 0 Å². The molecular formula is C17H20N2O3. The van der Waals surface area contributed by atoms with Crippen LogP contribution >= 0.6 is 0 Å². The van der Waals surface area contributed by atoms with Crippen molar-refractivity contribution in [1.29, 1.82) is 0 Å². The van der Waals surface area contributed by atoms with Gasteiger partial charge >= 0.3 is 5.97 Å². The highest BCUT2D eigenvalue weighted by Crippen LogP contribution is 2.44. The summed E-state index contributed by atoms with van der Waals surface area (Å²) < 4.78 is 10.1. The highest BCUT2D eigenvalue weighted by Gasteiger charge is 2.34. The van der Waals surface area contributed by atoms with E-state index in [1.165, 1.54) is 5.56 Å². The van der Waals surface area contributed by atoms with Crippen molar-refractivity contribution in [3.63, 3.8) is 0 Å². The third kappa shape index (κ3) is 2.71. The Morgan fingerprint density at radius 3 is 2.77 bits per heavy atom. The lowest BCUT2D eigenvalue weighted by molar-refractivity contribution is 0.0525. The van der Waals surface area contributed by atoms with Gasteiger partial charge in [0.05, 0.1) is 6.61 Å². The topological polar surface area (TPSA) is 78.3 Å². The lowest BCUT2D eigenvalue weighted by atomic mass is 9.94. The van der Waals surface area contributed by atoms with Gasteiger partial charge in [0, 0.05) is 5.92 Å². The number of nitrogens with two attached hydrogens (primary N) is 1. The van der Waals surface area contributed by atoms with Gasteiger partial charge in [-0.05, 0) is 37.7 Å². The van der Waals surface area contributed by atoms with Crippen molar-refractivity contribution in [2.24, 2.45) is 0 Å². The number of nitrogens with zero attached hydrogens (tertiary/aromatic N) is 1. The first-order valence-corrected chi connectivity index (χ1v) is 7.67. The van der Waals surface area contributed by atoms with Gasteiger partial charge in [0.15, 0.2) is 0 Å². The van der Waals surface area contributed by atoms with Crippen molar-refractivity contribution >= 4 is 11.9 Å². The van der Waals surface area contributed by atoms with Crippen LogP contribution in [0.4, 0.5) is 5.88 Å². The number of carbonyl (C=O) groups excluding carboxylic acids is 1. The highest BCUT2D eigenvalue weighted by molar-refractivity contribution is 5.95. The van der Waals surface area contributed by atoms with Gasteiger partial charge in [-0.15, -0.1) is 0 Å². The Balaban J connectivity index is 1.80. The fraction of sp³-hybridized carbons (Fsp3) is 0.412. The fourth-order valence-corrected chi connectivity index (χ4v) is 3.26. The van der Waals surface area contributed by atoms with Crippen molar-refractivity contribution in [2.45, 2.75) is 38.0 Å². The van der Waals surface area contributed by atoms with E-state index in [1.807, 2.05) is 6.07 Å². The van der Waals surface area contributed by atoms with Gasteiger partial charge in [0.2, 0.25) is 5.88 Å². The van der Waals surface area contributed by atoms with Crippen molar-refractivity contribution in [1.82, 2.24) is 5.16 Å². The van der Waals surface area contributed by atoms with E-state index in [-0.39, 0.29) is 11.8 Å². The summed E-state index contributed by atoms with van der Waals surface area (Å²) in [7, 11) is 0. The standard InChI is InChI=1S/C17H20N2O3/c1-2-21-17(20)14-15(19-22-16(14)18)13-9-8-12(10-13)11-6-4-3-5-7-11/h3-7,12-13H,2,8-10,18H2,1H3. The van der Waals surface area contributed by atoms with Crippen LogP contribution in [0.5, 0.6) is 0 Å². The summed E-state index contributed by atoms with van der Waals surface area (Å²) in [6, 6.07) is 10.4. The molecule has 3 rings (SSSR count). The number of hydrogen-bond donors (Lipinski definition) is 1. The molecule has 1 fully saturated rings. The van der Waals surface area contributed by atoms with Crippen molar-refractivity contribution in [3.8, 4) is 0 Å². The molecule has 0 aliphatic heterocycles. The van der Waals surface area contributed by atoms with E-state index in [0.717, 1.165) is 19.3 Å². The van der Waals surface area contributed by atoms with E-state index in [2.05, 4.69) is 29.4 Å². The van der Waals surface area contributed by atoms with Crippen LogP contribution in [0.2, 0.25) is 0 Å². The van der Waals surface area contributed by atoms with Gasteiger partial charge in [-0.25, -0.2) is 4.79 Å². The molecule has 22 heavy (non-hydrogen) atoms. The van der Waals surface area contributed by atoms with Crippen LogP contribution in [-0.4, -0.2) is 17.7 Å². The molecule has 1 aromatic carbocycles. The third-order valence-electron chi connectivity index (χ3n) is 4.31. The Labute approximate surface area is 129 Å². The Morgan fingerprint density at radius 2 is 2.05 bits per heavy atom. The summed E-state index contributed by atoms with van der Waals surface area (Å²) in [6.45, 7) is 2.07. The van der Waals surface area contributed by atoms with E-state index in [0.29, 0.717) is 23.8 Å². The predicted molar refractivity (Wildman–Crippen MR) is 82.6 cm³/mol. The number of ether oxygens (including phenoxy) is 1. The van der Waals surface area contributed by atoms with E-state index in [4.69, 9.17) is 15.0 Å². The minimum Gasteiger partial charge on any atom is -0.462 e. The number of nitrogen functional groups attached to an aromatic ring is 1. The molecule has 1 heterocycles. The molecule has 5 nitrogen and oxygen atoms in total.